The number of carbonyl (C=O) groups excluding carboxylic acids is 2. The first kappa shape index (κ1) is 13.2. The molecule has 1 aliphatic heterocycles. The third-order valence-corrected chi connectivity index (χ3v) is 4.16. The number of hydrogen-bond donors (Lipinski definition) is 1. The zero-order valence-corrected chi connectivity index (χ0v) is 12.0. The van der Waals surface area contributed by atoms with E-state index in [-0.39, 0.29) is 17.7 Å². The van der Waals surface area contributed by atoms with Gasteiger partial charge in [0, 0.05) is 24.7 Å². The van der Waals surface area contributed by atoms with Gasteiger partial charge >= 0.3 is 0 Å². The van der Waals surface area contributed by atoms with Crippen molar-refractivity contribution in [3.63, 3.8) is 0 Å². The molecule has 1 saturated carbocycles. The molecule has 3 rings (SSSR count). The van der Waals surface area contributed by atoms with E-state index in [2.05, 4.69) is 5.32 Å². The Balaban J connectivity index is 1.66. The van der Waals surface area contributed by atoms with Crippen LogP contribution >= 0.6 is 0 Å². The number of rotatable bonds is 3. The van der Waals surface area contributed by atoms with Crippen molar-refractivity contribution in [2.75, 3.05) is 11.9 Å². The molecular weight excluding hydrogens is 252 g/mol. The summed E-state index contributed by atoms with van der Waals surface area (Å²) in [6, 6.07) is 6.37. The lowest BCUT2D eigenvalue weighted by molar-refractivity contribution is -0.128. The van der Waals surface area contributed by atoms with Gasteiger partial charge in [0.2, 0.25) is 11.8 Å². The first-order valence-electron chi connectivity index (χ1n) is 7.22. The lowest BCUT2D eigenvalue weighted by atomic mass is 10.1. The van der Waals surface area contributed by atoms with Crippen molar-refractivity contribution in [2.24, 2.45) is 5.92 Å². The van der Waals surface area contributed by atoms with Crippen LogP contribution in [0.2, 0.25) is 0 Å². The number of likely N-dealkylation sites (tertiary alicyclic amines) is 1. The van der Waals surface area contributed by atoms with E-state index < -0.39 is 0 Å². The van der Waals surface area contributed by atoms with Crippen LogP contribution in [0.3, 0.4) is 0 Å². The maximum Gasteiger partial charge on any atom is 0.229 e. The SMILES string of the molecule is Cc1ccc(NC(=O)[C@@H]2CC(=O)N(C3CC3)C2)c(C)c1. The summed E-state index contributed by atoms with van der Waals surface area (Å²) in [7, 11) is 0. The Morgan fingerprint density at radius 3 is 2.70 bits per heavy atom. The summed E-state index contributed by atoms with van der Waals surface area (Å²) < 4.78 is 0. The number of anilines is 1. The quantitative estimate of drug-likeness (QED) is 0.917. The summed E-state index contributed by atoms with van der Waals surface area (Å²) in [4.78, 5) is 26.1. The normalized spacial score (nSPS) is 22.2. The van der Waals surface area contributed by atoms with Gasteiger partial charge in [-0.25, -0.2) is 0 Å². The molecule has 4 heteroatoms. The third-order valence-electron chi connectivity index (χ3n) is 4.16. The van der Waals surface area contributed by atoms with Gasteiger partial charge in [0.1, 0.15) is 0 Å². The predicted octanol–water partition coefficient (Wildman–Crippen LogP) is 2.25. The fraction of sp³-hybridized carbons (Fsp3) is 0.500. The van der Waals surface area contributed by atoms with Crippen molar-refractivity contribution in [3.05, 3.63) is 29.3 Å². The summed E-state index contributed by atoms with van der Waals surface area (Å²) in [6.45, 7) is 4.60. The molecule has 2 amide bonds. The van der Waals surface area contributed by atoms with E-state index in [0.29, 0.717) is 19.0 Å². The topological polar surface area (TPSA) is 49.4 Å². The summed E-state index contributed by atoms with van der Waals surface area (Å²) in [5.74, 6) is -0.106. The summed E-state index contributed by atoms with van der Waals surface area (Å²) in [6.07, 6.45) is 2.54. The highest BCUT2D eigenvalue weighted by molar-refractivity contribution is 5.97. The van der Waals surface area contributed by atoms with Crippen LogP contribution in [0.4, 0.5) is 5.69 Å². The predicted molar refractivity (Wildman–Crippen MR) is 77.4 cm³/mol. The van der Waals surface area contributed by atoms with E-state index >= 15 is 0 Å². The second kappa shape index (κ2) is 4.93. The Kier molecular flexibility index (Phi) is 3.24. The van der Waals surface area contributed by atoms with Gasteiger partial charge in [-0.2, -0.15) is 0 Å². The molecule has 2 aliphatic rings. The molecule has 1 aromatic carbocycles. The molecule has 0 aromatic heterocycles. The average molecular weight is 272 g/mol. The van der Waals surface area contributed by atoms with Crippen molar-refractivity contribution in [2.45, 2.75) is 39.2 Å². The molecule has 0 unspecified atom stereocenters. The second-order valence-electron chi connectivity index (χ2n) is 5.99. The van der Waals surface area contributed by atoms with Crippen LogP contribution < -0.4 is 5.32 Å². The summed E-state index contributed by atoms with van der Waals surface area (Å²) in [5.41, 5.74) is 3.08. The number of aryl methyl sites for hydroxylation is 2. The number of nitrogens with one attached hydrogen (secondary N) is 1. The molecule has 0 spiro atoms. The van der Waals surface area contributed by atoms with E-state index in [9.17, 15) is 9.59 Å². The van der Waals surface area contributed by atoms with Crippen LogP contribution in [0.5, 0.6) is 0 Å². The Bertz CT molecular complexity index is 564. The number of nitrogens with zero attached hydrogens (tertiary/aromatic N) is 1. The molecule has 0 bridgehead atoms. The van der Waals surface area contributed by atoms with Crippen molar-refractivity contribution >= 4 is 17.5 Å². The first-order chi connectivity index (χ1) is 9.54. The minimum absolute atomic E-state index is 0.0338. The number of amides is 2. The van der Waals surface area contributed by atoms with Crippen LogP contribution in [0, 0.1) is 19.8 Å². The third kappa shape index (κ3) is 2.55. The Hall–Kier alpha value is -1.84. The monoisotopic (exact) mass is 272 g/mol. The van der Waals surface area contributed by atoms with Gasteiger partial charge in [-0.1, -0.05) is 17.7 Å². The molecule has 4 nitrogen and oxygen atoms in total. The smallest absolute Gasteiger partial charge is 0.229 e. The molecule has 1 atom stereocenters. The van der Waals surface area contributed by atoms with Gasteiger partial charge in [-0.3, -0.25) is 9.59 Å². The molecule has 1 N–H and O–H groups in total. The van der Waals surface area contributed by atoms with Gasteiger partial charge in [0.05, 0.1) is 5.92 Å². The lowest BCUT2D eigenvalue weighted by Crippen LogP contribution is -2.30. The Labute approximate surface area is 119 Å². The molecule has 1 heterocycles. The average Bonchev–Trinajstić information content (AvgIpc) is 3.16. The standard InChI is InChI=1S/C16H20N2O2/c1-10-3-6-14(11(2)7-10)17-16(20)12-8-15(19)18(9-12)13-4-5-13/h3,6-7,12-13H,4-5,8-9H2,1-2H3,(H,17,20)/t12-/m1/s1. The van der Waals surface area contributed by atoms with Crippen molar-refractivity contribution in [3.8, 4) is 0 Å². The molecule has 1 aliphatic carbocycles. The minimum atomic E-state index is -0.205. The second-order valence-corrected chi connectivity index (χ2v) is 5.99. The highest BCUT2D eigenvalue weighted by Gasteiger charge is 2.41. The van der Waals surface area contributed by atoms with Gasteiger partial charge < -0.3 is 10.2 Å². The molecule has 20 heavy (non-hydrogen) atoms. The fourth-order valence-electron chi connectivity index (χ4n) is 2.84. The highest BCUT2D eigenvalue weighted by Crippen LogP contribution is 2.33. The minimum Gasteiger partial charge on any atom is -0.339 e. The fourth-order valence-corrected chi connectivity index (χ4v) is 2.84. The van der Waals surface area contributed by atoms with Gasteiger partial charge in [-0.05, 0) is 38.3 Å². The van der Waals surface area contributed by atoms with E-state index in [1.807, 2.05) is 36.9 Å². The van der Waals surface area contributed by atoms with Crippen molar-refractivity contribution < 1.29 is 9.59 Å². The summed E-state index contributed by atoms with van der Waals surface area (Å²) >= 11 is 0. The van der Waals surface area contributed by atoms with Crippen LogP contribution in [0.1, 0.15) is 30.4 Å². The number of carbonyl (C=O) groups is 2. The molecule has 0 radical (unpaired) electrons. The summed E-state index contributed by atoms with van der Waals surface area (Å²) in [5, 5.41) is 2.96. The largest absolute Gasteiger partial charge is 0.339 e. The maximum atomic E-state index is 12.3. The maximum absolute atomic E-state index is 12.3. The van der Waals surface area contributed by atoms with Gasteiger partial charge in [0.25, 0.3) is 0 Å². The van der Waals surface area contributed by atoms with E-state index in [4.69, 9.17) is 0 Å². The van der Waals surface area contributed by atoms with Crippen LogP contribution in [0.15, 0.2) is 18.2 Å². The van der Waals surface area contributed by atoms with Crippen LogP contribution in [-0.4, -0.2) is 29.3 Å². The van der Waals surface area contributed by atoms with Gasteiger partial charge in [-0.15, -0.1) is 0 Å². The number of benzene rings is 1. The molecular formula is C16H20N2O2. The van der Waals surface area contributed by atoms with Crippen molar-refractivity contribution in [1.29, 1.82) is 0 Å². The molecule has 1 aromatic rings. The van der Waals surface area contributed by atoms with E-state index in [0.717, 1.165) is 24.1 Å². The molecule has 2 fully saturated rings. The zero-order chi connectivity index (χ0) is 14.3. The van der Waals surface area contributed by atoms with Gasteiger partial charge in [0.15, 0.2) is 0 Å². The zero-order valence-electron chi connectivity index (χ0n) is 12.0. The molecule has 1 saturated heterocycles. The Morgan fingerprint density at radius 1 is 1.30 bits per heavy atom. The number of hydrogen-bond acceptors (Lipinski definition) is 2. The lowest BCUT2D eigenvalue weighted by Gasteiger charge is -2.16. The molecule has 106 valence electrons. The Morgan fingerprint density at radius 2 is 2.05 bits per heavy atom. The van der Waals surface area contributed by atoms with E-state index in [1.165, 1.54) is 5.56 Å². The van der Waals surface area contributed by atoms with Crippen molar-refractivity contribution in [1.82, 2.24) is 4.90 Å². The highest BCUT2D eigenvalue weighted by atomic mass is 16.2. The van der Waals surface area contributed by atoms with Crippen LogP contribution in [0.25, 0.3) is 0 Å². The van der Waals surface area contributed by atoms with E-state index in [1.54, 1.807) is 0 Å². The van der Waals surface area contributed by atoms with Crippen LogP contribution in [-0.2, 0) is 9.59 Å². The first-order valence-corrected chi connectivity index (χ1v) is 7.22.